The highest BCUT2D eigenvalue weighted by Gasteiger charge is 2.26. The van der Waals surface area contributed by atoms with Crippen LogP contribution in [0.25, 0.3) is 0 Å². The minimum atomic E-state index is -1.50. The van der Waals surface area contributed by atoms with E-state index in [-0.39, 0.29) is 23.8 Å². The summed E-state index contributed by atoms with van der Waals surface area (Å²) in [6.45, 7) is 6.07. The molecule has 2 atom stereocenters. The zero-order valence-corrected chi connectivity index (χ0v) is 19.4. The number of amides is 2. The van der Waals surface area contributed by atoms with Crippen molar-refractivity contribution in [2.24, 2.45) is 5.92 Å². The Morgan fingerprint density at radius 3 is 2.16 bits per heavy atom. The van der Waals surface area contributed by atoms with Crippen LogP contribution in [0.3, 0.4) is 0 Å². The van der Waals surface area contributed by atoms with E-state index in [4.69, 9.17) is 26.6 Å². The van der Waals surface area contributed by atoms with E-state index in [9.17, 15) is 9.59 Å². The van der Waals surface area contributed by atoms with Crippen molar-refractivity contribution in [3.8, 4) is 0 Å². The predicted molar refractivity (Wildman–Crippen MR) is 124 cm³/mol. The van der Waals surface area contributed by atoms with E-state index in [1.165, 1.54) is 13.8 Å². The number of ether oxygens (including phenoxy) is 1. The Morgan fingerprint density at radius 2 is 1.53 bits per heavy atom. The summed E-state index contributed by atoms with van der Waals surface area (Å²) in [7, 11) is 0. The Morgan fingerprint density at radius 1 is 1.00 bits per heavy atom. The largest absolute Gasteiger partial charge is 0.376 e. The van der Waals surface area contributed by atoms with Gasteiger partial charge in [-0.25, -0.2) is 0 Å². The molecular formula is C24H31ClN2O5. The fourth-order valence-electron chi connectivity index (χ4n) is 3.17. The molecule has 32 heavy (non-hydrogen) atoms. The minimum Gasteiger partial charge on any atom is -0.376 e. The lowest BCUT2D eigenvalue weighted by Gasteiger charge is -2.12. The highest BCUT2D eigenvalue weighted by molar-refractivity contribution is 6.33. The summed E-state index contributed by atoms with van der Waals surface area (Å²) < 4.78 is 5.74. The van der Waals surface area contributed by atoms with Gasteiger partial charge in [-0.05, 0) is 51.0 Å². The lowest BCUT2D eigenvalue weighted by Crippen LogP contribution is -2.33. The summed E-state index contributed by atoms with van der Waals surface area (Å²) in [6, 6.07) is 14.5. The number of benzene rings is 2. The number of nitrogens with one attached hydrogen (secondary N) is 2. The zero-order valence-electron chi connectivity index (χ0n) is 18.6. The zero-order chi connectivity index (χ0) is 23.7. The molecule has 1 aliphatic heterocycles. The molecule has 8 heteroatoms. The fraction of sp³-hybridized carbons (Fsp3) is 0.417. The number of hydrogen-bond donors (Lipinski definition) is 4. The predicted octanol–water partition coefficient (Wildman–Crippen LogP) is 2.92. The van der Waals surface area contributed by atoms with Gasteiger partial charge in [0.25, 0.3) is 11.8 Å². The molecule has 0 radical (unpaired) electrons. The highest BCUT2D eigenvalue weighted by Crippen LogP contribution is 2.19. The van der Waals surface area contributed by atoms with E-state index < -0.39 is 5.79 Å². The number of carbonyl (C=O) groups excluding carboxylic acids is 2. The maximum atomic E-state index is 12.3. The topological polar surface area (TPSA) is 108 Å². The second-order valence-corrected chi connectivity index (χ2v) is 8.67. The molecule has 0 bridgehead atoms. The first-order chi connectivity index (χ1) is 15.0. The quantitative estimate of drug-likeness (QED) is 0.494. The van der Waals surface area contributed by atoms with Gasteiger partial charge in [0.2, 0.25) is 0 Å². The van der Waals surface area contributed by atoms with Crippen molar-refractivity contribution in [2.45, 2.75) is 39.1 Å². The van der Waals surface area contributed by atoms with Crippen LogP contribution in [0.1, 0.15) is 46.5 Å². The Kier molecular flexibility index (Phi) is 9.65. The lowest BCUT2D eigenvalue weighted by atomic mass is 10.0. The van der Waals surface area contributed by atoms with E-state index in [1.54, 1.807) is 24.3 Å². The van der Waals surface area contributed by atoms with Crippen molar-refractivity contribution >= 4 is 23.4 Å². The maximum absolute atomic E-state index is 12.3. The first kappa shape index (κ1) is 25.8. The van der Waals surface area contributed by atoms with E-state index in [0.29, 0.717) is 35.8 Å². The molecule has 0 saturated carbocycles. The van der Waals surface area contributed by atoms with E-state index >= 15 is 0 Å². The third-order valence-corrected chi connectivity index (χ3v) is 5.04. The van der Waals surface area contributed by atoms with E-state index in [2.05, 4.69) is 10.6 Å². The molecule has 0 aromatic heterocycles. The number of rotatable bonds is 6. The van der Waals surface area contributed by atoms with Crippen molar-refractivity contribution in [2.75, 3.05) is 19.7 Å². The van der Waals surface area contributed by atoms with Crippen molar-refractivity contribution in [3.63, 3.8) is 0 Å². The number of halogens is 1. The molecule has 3 rings (SSSR count). The van der Waals surface area contributed by atoms with Crippen molar-refractivity contribution in [3.05, 3.63) is 70.2 Å². The Hall–Kier alpha value is -2.45. The van der Waals surface area contributed by atoms with E-state index in [1.807, 2.05) is 31.2 Å². The fourth-order valence-corrected chi connectivity index (χ4v) is 3.39. The number of carbonyl (C=O) groups is 2. The Bertz CT molecular complexity index is 840. The van der Waals surface area contributed by atoms with Gasteiger partial charge in [0.15, 0.2) is 5.79 Å². The first-order valence-electron chi connectivity index (χ1n) is 10.5. The molecule has 0 aliphatic carbocycles. The van der Waals surface area contributed by atoms with Crippen LogP contribution in [0.2, 0.25) is 5.02 Å². The molecule has 2 aromatic carbocycles. The van der Waals surface area contributed by atoms with Crippen molar-refractivity contribution < 1.29 is 24.5 Å². The number of hydrogen-bond acceptors (Lipinski definition) is 5. The van der Waals surface area contributed by atoms with Crippen molar-refractivity contribution in [1.29, 1.82) is 0 Å². The standard InChI is InChI=1S/C21H23ClN2O3.C3H8O2/c1-14-6-2-3-7-17(14)20(25)23-11-15-10-16(27-13-15)12-24-21(26)18-8-4-5-9-19(18)22;1-3(2,4)5/h2-9,15-16H,10-13H2,1H3,(H,23,25)(H,24,26);4-5H,1-2H3. The van der Waals surface area contributed by atoms with Crippen LogP contribution >= 0.6 is 11.6 Å². The van der Waals surface area contributed by atoms with Crippen LogP contribution < -0.4 is 10.6 Å². The van der Waals surface area contributed by atoms with Gasteiger partial charge in [0.1, 0.15) is 0 Å². The third-order valence-electron chi connectivity index (χ3n) is 4.71. The van der Waals surface area contributed by atoms with Crippen LogP contribution in [0.5, 0.6) is 0 Å². The summed E-state index contributed by atoms with van der Waals surface area (Å²) in [6.07, 6.45) is 0.730. The van der Waals surface area contributed by atoms with Gasteiger partial charge in [-0.2, -0.15) is 0 Å². The maximum Gasteiger partial charge on any atom is 0.252 e. The minimum absolute atomic E-state index is 0.0585. The van der Waals surface area contributed by atoms with Gasteiger partial charge >= 0.3 is 0 Å². The Labute approximate surface area is 193 Å². The molecule has 2 amide bonds. The average Bonchev–Trinajstić information content (AvgIpc) is 3.17. The second kappa shape index (κ2) is 12.0. The van der Waals surface area contributed by atoms with Gasteiger partial charge in [0.05, 0.1) is 23.3 Å². The van der Waals surface area contributed by atoms with Gasteiger partial charge in [-0.1, -0.05) is 41.9 Å². The lowest BCUT2D eigenvalue weighted by molar-refractivity contribution is -0.127. The summed E-state index contributed by atoms with van der Waals surface area (Å²) in [5.74, 6) is -1.54. The average molecular weight is 463 g/mol. The summed E-state index contributed by atoms with van der Waals surface area (Å²) >= 11 is 6.04. The first-order valence-corrected chi connectivity index (χ1v) is 10.8. The van der Waals surface area contributed by atoms with Crippen molar-refractivity contribution in [1.82, 2.24) is 10.6 Å². The number of aryl methyl sites for hydroxylation is 1. The molecule has 174 valence electrons. The number of aliphatic hydroxyl groups is 2. The molecular weight excluding hydrogens is 432 g/mol. The summed E-state index contributed by atoms with van der Waals surface area (Å²) in [5, 5.41) is 22.4. The van der Waals surface area contributed by atoms with Gasteiger partial charge in [0, 0.05) is 24.6 Å². The Balaban J connectivity index is 0.000000654. The molecule has 2 aromatic rings. The monoisotopic (exact) mass is 462 g/mol. The molecule has 1 saturated heterocycles. The van der Waals surface area contributed by atoms with Crippen LogP contribution in [0.15, 0.2) is 48.5 Å². The van der Waals surface area contributed by atoms with Crippen LogP contribution in [-0.4, -0.2) is 53.6 Å². The van der Waals surface area contributed by atoms with Crippen LogP contribution in [0, 0.1) is 12.8 Å². The van der Waals surface area contributed by atoms with Gasteiger partial charge in [-0.15, -0.1) is 0 Å². The van der Waals surface area contributed by atoms with Crippen LogP contribution in [-0.2, 0) is 4.74 Å². The highest BCUT2D eigenvalue weighted by atomic mass is 35.5. The molecule has 1 fully saturated rings. The molecule has 4 N–H and O–H groups in total. The second-order valence-electron chi connectivity index (χ2n) is 8.27. The van der Waals surface area contributed by atoms with Gasteiger partial charge in [-0.3, -0.25) is 9.59 Å². The molecule has 1 heterocycles. The summed E-state index contributed by atoms with van der Waals surface area (Å²) in [4.78, 5) is 24.5. The molecule has 1 aliphatic rings. The third kappa shape index (κ3) is 8.96. The molecule has 2 unspecified atom stereocenters. The van der Waals surface area contributed by atoms with E-state index in [0.717, 1.165) is 12.0 Å². The van der Waals surface area contributed by atoms with Crippen LogP contribution in [0.4, 0.5) is 0 Å². The molecule has 0 spiro atoms. The van der Waals surface area contributed by atoms with Gasteiger partial charge < -0.3 is 25.6 Å². The molecule has 7 nitrogen and oxygen atoms in total. The SMILES string of the molecule is CC(C)(O)O.Cc1ccccc1C(=O)NCC1COC(CNC(=O)c2ccccc2Cl)C1. The summed E-state index contributed by atoms with van der Waals surface area (Å²) in [5.41, 5.74) is 2.11. The smallest absolute Gasteiger partial charge is 0.252 e. The normalized spacial score (nSPS) is 17.8.